The fourth-order valence-electron chi connectivity index (χ4n) is 2.25. The highest BCUT2D eigenvalue weighted by molar-refractivity contribution is 7.15. The Morgan fingerprint density at radius 2 is 1.79 bits per heavy atom. The van der Waals surface area contributed by atoms with Crippen molar-refractivity contribution in [2.45, 2.75) is 39.2 Å². The van der Waals surface area contributed by atoms with E-state index in [1.54, 1.807) is 0 Å². The second kappa shape index (κ2) is 7.46. The standard InChI is InChI=1S/C17H23NS/c1-3-8-15(18-13-4-2)17-12-11-16(19-17)14-9-6-5-7-10-14/h5-7,9-12,15,18H,3-4,8,13H2,1-2H3. The van der Waals surface area contributed by atoms with Crippen molar-refractivity contribution in [1.29, 1.82) is 0 Å². The summed E-state index contributed by atoms with van der Waals surface area (Å²) in [5.41, 5.74) is 1.32. The van der Waals surface area contributed by atoms with Crippen LogP contribution in [0.15, 0.2) is 42.5 Å². The van der Waals surface area contributed by atoms with Crippen molar-refractivity contribution in [3.8, 4) is 10.4 Å². The molecule has 0 fully saturated rings. The number of benzene rings is 1. The summed E-state index contributed by atoms with van der Waals surface area (Å²) in [6.45, 7) is 5.58. The summed E-state index contributed by atoms with van der Waals surface area (Å²) in [6, 6.07) is 15.7. The highest BCUT2D eigenvalue weighted by Gasteiger charge is 2.12. The summed E-state index contributed by atoms with van der Waals surface area (Å²) >= 11 is 1.92. The first kappa shape index (κ1) is 14.3. The van der Waals surface area contributed by atoms with E-state index in [1.807, 2.05) is 11.3 Å². The van der Waals surface area contributed by atoms with E-state index in [0.717, 1.165) is 6.54 Å². The Balaban J connectivity index is 2.14. The van der Waals surface area contributed by atoms with Gasteiger partial charge in [0, 0.05) is 15.8 Å². The van der Waals surface area contributed by atoms with Crippen LogP contribution in [0.2, 0.25) is 0 Å². The molecule has 1 unspecified atom stereocenters. The van der Waals surface area contributed by atoms with Crippen LogP contribution in [0.4, 0.5) is 0 Å². The average molecular weight is 273 g/mol. The van der Waals surface area contributed by atoms with Crippen LogP contribution in [0.1, 0.15) is 44.0 Å². The van der Waals surface area contributed by atoms with Crippen LogP contribution in [0.25, 0.3) is 10.4 Å². The molecule has 0 bridgehead atoms. The van der Waals surface area contributed by atoms with Crippen molar-refractivity contribution >= 4 is 11.3 Å². The van der Waals surface area contributed by atoms with Gasteiger partial charge in [-0.25, -0.2) is 0 Å². The van der Waals surface area contributed by atoms with Gasteiger partial charge in [0.05, 0.1) is 0 Å². The van der Waals surface area contributed by atoms with Crippen molar-refractivity contribution in [2.24, 2.45) is 0 Å². The molecule has 1 aromatic carbocycles. The maximum atomic E-state index is 3.66. The summed E-state index contributed by atoms with van der Waals surface area (Å²) in [7, 11) is 0. The highest BCUT2D eigenvalue weighted by atomic mass is 32.1. The lowest BCUT2D eigenvalue weighted by Gasteiger charge is -2.16. The quantitative estimate of drug-likeness (QED) is 0.726. The molecule has 1 N–H and O–H groups in total. The van der Waals surface area contributed by atoms with Gasteiger partial charge in [0.15, 0.2) is 0 Å². The summed E-state index contributed by atoms with van der Waals surface area (Å²) in [4.78, 5) is 2.84. The summed E-state index contributed by atoms with van der Waals surface area (Å²) in [6.07, 6.45) is 3.63. The summed E-state index contributed by atoms with van der Waals surface area (Å²) in [5, 5.41) is 3.66. The molecule has 0 saturated heterocycles. The molecule has 1 heterocycles. The smallest absolute Gasteiger partial charge is 0.0414 e. The molecule has 2 heteroatoms. The van der Waals surface area contributed by atoms with Crippen molar-refractivity contribution in [1.82, 2.24) is 5.32 Å². The Kier molecular flexibility index (Phi) is 5.62. The molecular weight excluding hydrogens is 250 g/mol. The number of nitrogens with one attached hydrogen (secondary N) is 1. The lowest BCUT2D eigenvalue weighted by atomic mass is 10.1. The van der Waals surface area contributed by atoms with E-state index in [9.17, 15) is 0 Å². The van der Waals surface area contributed by atoms with E-state index in [2.05, 4.69) is 61.6 Å². The predicted molar refractivity (Wildman–Crippen MR) is 85.7 cm³/mol. The third-order valence-electron chi connectivity index (χ3n) is 3.25. The third kappa shape index (κ3) is 3.92. The zero-order chi connectivity index (χ0) is 13.5. The Morgan fingerprint density at radius 1 is 1.00 bits per heavy atom. The maximum Gasteiger partial charge on any atom is 0.0414 e. The van der Waals surface area contributed by atoms with Crippen molar-refractivity contribution in [2.75, 3.05) is 6.54 Å². The van der Waals surface area contributed by atoms with Gasteiger partial charge in [-0.2, -0.15) is 0 Å². The Labute approximate surface area is 120 Å². The van der Waals surface area contributed by atoms with Gasteiger partial charge in [-0.1, -0.05) is 50.6 Å². The molecule has 1 nitrogen and oxygen atoms in total. The first-order chi connectivity index (χ1) is 9.35. The van der Waals surface area contributed by atoms with E-state index in [4.69, 9.17) is 0 Å². The molecule has 102 valence electrons. The van der Waals surface area contributed by atoms with Gasteiger partial charge in [0.25, 0.3) is 0 Å². The van der Waals surface area contributed by atoms with E-state index in [1.165, 1.54) is 34.6 Å². The third-order valence-corrected chi connectivity index (χ3v) is 4.49. The molecule has 2 rings (SSSR count). The second-order valence-corrected chi connectivity index (χ2v) is 5.98. The minimum Gasteiger partial charge on any atom is -0.309 e. The number of hydrogen-bond acceptors (Lipinski definition) is 2. The van der Waals surface area contributed by atoms with Crippen molar-refractivity contribution in [3.63, 3.8) is 0 Å². The molecule has 0 aliphatic heterocycles. The summed E-state index contributed by atoms with van der Waals surface area (Å²) < 4.78 is 0. The fourth-order valence-corrected chi connectivity index (χ4v) is 3.37. The number of thiophene rings is 1. The van der Waals surface area contributed by atoms with Crippen molar-refractivity contribution < 1.29 is 0 Å². The molecule has 0 aliphatic rings. The molecule has 0 radical (unpaired) electrons. The van der Waals surface area contributed by atoms with Crippen LogP contribution in [-0.2, 0) is 0 Å². The Hall–Kier alpha value is -1.12. The van der Waals surface area contributed by atoms with Crippen LogP contribution in [0.3, 0.4) is 0 Å². The largest absolute Gasteiger partial charge is 0.309 e. The molecule has 0 aliphatic carbocycles. The molecular formula is C17H23NS. The zero-order valence-corrected chi connectivity index (χ0v) is 12.7. The Bertz CT molecular complexity index is 475. The molecule has 1 atom stereocenters. The van der Waals surface area contributed by atoms with Crippen LogP contribution < -0.4 is 5.32 Å². The number of hydrogen-bond donors (Lipinski definition) is 1. The topological polar surface area (TPSA) is 12.0 Å². The van der Waals surface area contributed by atoms with Gasteiger partial charge >= 0.3 is 0 Å². The van der Waals surface area contributed by atoms with Gasteiger partial charge in [-0.15, -0.1) is 11.3 Å². The maximum absolute atomic E-state index is 3.66. The SMILES string of the molecule is CCCNC(CCC)c1ccc(-c2ccccc2)s1. The lowest BCUT2D eigenvalue weighted by Crippen LogP contribution is -2.21. The van der Waals surface area contributed by atoms with E-state index < -0.39 is 0 Å². The van der Waals surface area contributed by atoms with Gasteiger partial charge in [0.2, 0.25) is 0 Å². The average Bonchev–Trinajstić information content (AvgIpc) is 2.94. The van der Waals surface area contributed by atoms with Gasteiger partial charge in [-0.05, 0) is 37.1 Å². The first-order valence-corrected chi connectivity index (χ1v) is 8.05. The normalized spacial score (nSPS) is 12.5. The minimum atomic E-state index is 0.521. The molecule has 2 aromatic rings. The van der Waals surface area contributed by atoms with Crippen LogP contribution in [0.5, 0.6) is 0 Å². The van der Waals surface area contributed by atoms with E-state index >= 15 is 0 Å². The van der Waals surface area contributed by atoms with Crippen molar-refractivity contribution in [3.05, 3.63) is 47.3 Å². The van der Waals surface area contributed by atoms with Gasteiger partial charge in [0.1, 0.15) is 0 Å². The van der Waals surface area contributed by atoms with Crippen LogP contribution >= 0.6 is 11.3 Å². The molecule has 1 aromatic heterocycles. The molecule has 0 amide bonds. The van der Waals surface area contributed by atoms with Crippen LogP contribution in [-0.4, -0.2) is 6.54 Å². The molecule has 0 spiro atoms. The van der Waals surface area contributed by atoms with E-state index in [-0.39, 0.29) is 0 Å². The van der Waals surface area contributed by atoms with Gasteiger partial charge < -0.3 is 5.32 Å². The second-order valence-electron chi connectivity index (χ2n) is 4.86. The first-order valence-electron chi connectivity index (χ1n) is 7.23. The monoisotopic (exact) mass is 273 g/mol. The predicted octanol–water partition coefficient (Wildman–Crippen LogP) is 5.26. The van der Waals surface area contributed by atoms with E-state index in [0.29, 0.717) is 6.04 Å². The van der Waals surface area contributed by atoms with Crippen LogP contribution in [0, 0.1) is 0 Å². The summed E-state index contributed by atoms with van der Waals surface area (Å²) in [5.74, 6) is 0. The molecule has 19 heavy (non-hydrogen) atoms. The number of rotatable bonds is 7. The van der Waals surface area contributed by atoms with Gasteiger partial charge in [-0.3, -0.25) is 0 Å². The zero-order valence-electron chi connectivity index (χ0n) is 11.9. The lowest BCUT2D eigenvalue weighted by molar-refractivity contribution is 0.501. The highest BCUT2D eigenvalue weighted by Crippen LogP contribution is 2.32. The fraction of sp³-hybridized carbons (Fsp3) is 0.412. The minimum absolute atomic E-state index is 0.521. The Morgan fingerprint density at radius 3 is 2.47 bits per heavy atom. The molecule has 0 saturated carbocycles.